The van der Waals surface area contributed by atoms with E-state index in [1.165, 1.54) is 0 Å². The summed E-state index contributed by atoms with van der Waals surface area (Å²) in [7, 11) is 0. The van der Waals surface area contributed by atoms with Gasteiger partial charge in [-0.2, -0.15) is 0 Å². The summed E-state index contributed by atoms with van der Waals surface area (Å²) in [4.78, 5) is 11.3. The lowest BCUT2D eigenvalue weighted by atomic mass is 10.1. The first-order valence-corrected chi connectivity index (χ1v) is 4.12. The zero-order valence-corrected chi connectivity index (χ0v) is 8.20. The monoisotopic (exact) mass is 192 g/mol. The van der Waals surface area contributed by atoms with E-state index in [1.54, 1.807) is 20.8 Å². The van der Waals surface area contributed by atoms with Crippen LogP contribution in [0.1, 0.15) is 36.3 Å². The molecule has 13 heavy (non-hydrogen) atoms. The van der Waals surface area contributed by atoms with Crippen molar-refractivity contribution in [1.29, 1.82) is 0 Å². The largest absolute Gasteiger partial charge is 0.458 e. The van der Waals surface area contributed by atoms with Gasteiger partial charge in [0.05, 0.1) is 0 Å². The Morgan fingerprint density at radius 2 is 2.15 bits per heavy atom. The number of aliphatic hydroxyl groups is 2. The molecule has 0 aromatic rings. The SMILES string of the molecule is [2H]C([2H])(CCO)C(O)C(=O)OC(C)(C)C. The van der Waals surface area contributed by atoms with Gasteiger partial charge in [0.25, 0.3) is 0 Å². The Labute approximate surface area is 81.3 Å². The lowest BCUT2D eigenvalue weighted by molar-refractivity contribution is -0.165. The second-order valence-electron chi connectivity index (χ2n) is 3.61. The molecule has 0 aromatic heterocycles. The standard InChI is InChI=1S/C9H18O4/c1-9(2,3)13-8(12)7(11)5-4-6-10/h7,10-11H,4-6H2,1-3H3/i5D2. The molecule has 4 heteroatoms. The van der Waals surface area contributed by atoms with Gasteiger partial charge in [-0.15, -0.1) is 0 Å². The van der Waals surface area contributed by atoms with Crippen molar-refractivity contribution in [2.24, 2.45) is 0 Å². The Balaban J connectivity index is 4.44. The van der Waals surface area contributed by atoms with E-state index in [4.69, 9.17) is 12.6 Å². The maximum atomic E-state index is 11.3. The van der Waals surface area contributed by atoms with Gasteiger partial charge in [0.2, 0.25) is 0 Å². The van der Waals surface area contributed by atoms with Crippen molar-refractivity contribution in [3.8, 4) is 0 Å². The predicted molar refractivity (Wildman–Crippen MR) is 48.2 cm³/mol. The number of carbonyl (C=O) groups is 1. The molecule has 0 rings (SSSR count). The number of hydrogen-bond acceptors (Lipinski definition) is 4. The van der Waals surface area contributed by atoms with E-state index in [-0.39, 0.29) is 6.42 Å². The Hall–Kier alpha value is -0.610. The fourth-order valence-electron chi connectivity index (χ4n) is 0.642. The van der Waals surface area contributed by atoms with Gasteiger partial charge in [-0.1, -0.05) is 0 Å². The fraction of sp³-hybridized carbons (Fsp3) is 0.889. The van der Waals surface area contributed by atoms with E-state index < -0.39 is 30.7 Å². The van der Waals surface area contributed by atoms with Crippen LogP contribution in [0.3, 0.4) is 0 Å². The van der Waals surface area contributed by atoms with Crippen molar-refractivity contribution in [1.82, 2.24) is 0 Å². The third-order valence-corrected chi connectivity index (χ3v) is 1.08. The highest BCUT2D eigenvalue weighted by molar-refractivity contribution is 5.74. The Morgan fingerprint density at radius 3 is 2.54 bits per heavy atom. The van der Waals surface area contributed by atoms with Gasteiger partial charge in [0.1, 0.15) is 5.60 Å². The summed E-state index contributed by atoms with van der Waals surface area (Å²) in [5.74, 6) is -1.01. The minimum atomic E-state index is -2.17. The summed E-state index contributed by atoms with van der Waals surface area (Å²) in [6.45, 7) is 4.44. The molecule has 2 N–H and O–H groups in total. The van der Waals surface area contributed by atoms with E-state index in [1.807, 2.05) is 0 Å². The molecular weight excluding hydrogens is 172 g/mol. The van der Waals surface area contributed by atoms with Crippen molar-refractivity contribution >= 4 is 5.97 Å². The molecule has 78 valence electrons. The normalized spacial score (nSPS) is 17.3. The minimum absolute atomic E-state index is 0.312. The molecule has 0 aromatic carbocycles. The highest BCUT2D eigenvalue weighted by atomic mass is 16.6. The first-order valence-electron chi connectivity index (χ1n) is 5.12. The van der Waals surface area contributed by atoms with Gasteiger partial charge < -0.3 is 14.9 Å². The first kappa shape index (κ1) is 8.97. The molecule has 4 nitrogen and oxygen atoms in total. The number of hydrogen-bond donors (Lipinski definition) is 2. The van der Waals surface area contributed by atoms with Crippen LogP contribution in [0.2, 0.25) is 0 Å². The van der Waals surface area contributed by atoms with Crippen molar-refractivity contribution in [3.63, 3.8) is 0 Å². The number of aliphatic hydroxyl groups excluding tert-OH is 2. The molecule has 0 saturated heterocycles. The molecule has 0 spiro atoms. The number of ether oxygens (including phenoxy) is 1. The fourth-order valence-corrected chi connectivity index (χ4v) is 0.642. The van der Waals surface area contributed by atoms with E-state index in [0.717, 1.165) is 0 Å². The van der Waals surface area contributed by atoms with E-state index in [9.17, 15) is 9.90 Å². The van der Waals surface area contributed by atoms with Crippen molar-refractivity contribution in [2.45, 2.75) is 45.3 Å². The van der Waals surface area contributed by atoms with Crippen molar-refractivity contribution in [2.75, 3.05) is 6.61 Å². The molecule has 0 heterocycles. The highest BCUT2D eigenvalue weighted by Crippen LogP contribution is 2.10. The lowest BCUT2D eigenvalue weighted by Gasteiger charge is -2.21. The van der Waals surface area contributed by atoms with Crippen LogP contribution in [-0.4, -0.2) is 34.5 Å². The molecule has 1 atom stereocenters. The number of esters is 1. The van der Waals surface area contributed by atoms with Gasteiger partial charge in [-0.3, -0.25) is 0 Å². The Bertz CT molecular complexity index is 223. The summed E-state index contributed by atoms with van der Waals surface area (Å²) >= 11 is 0. The molecule has 0 radical (unpaired) electrons. The topological polar surface area (TPSA) is 66.8 Å². The van der Waals surface area contributed by atoms with Crippen LogP contribution in [0.15, 0.2) is 0 Å². The second-order valence-corrected chi connectivity index (χ2v) is 3.61. The third-order valence-electron chi connectivity index (χ3n) is 1.08. The van der Waals surface area contributed by atoms with Gasteiger partial charge in [0.15, 0.2) is 6.10 Å². The molecule has 0 saturated carbocycles. The van der Waals surface area contributed by atoms with Crippen molar-refractivity contribution < 1.29 is 22.5 Å². The Kier molecular flexibility index (Phi) is 3.58. The Morgan fingerprint density at radius 1 is 1.62 bits per heavy atom. The zero-order chi connectivity index (χ0) is 12.3. The molecule has 0 bridgehead atoms. The summed E-state index contributed by atoms with van der Waals surface area (Å²) in [6, 6.07) is 0. The number of rotatable bonds is 4. The summed E-state index contributed by atoms with van der Waals surface area (Å²) in [6.07, 6.45) is -4.35. The van der Waals surface area contributed by atoms with Gasteiger partial charge in [0, 0.05) is 9.35 Å². The summed E-state index contributed by atoms with van der Waals surface area (Å²) in [5.41, 5.74) is -0.770. The molecular formula is C9H18O4. The van der Waals surface area contributed by atoms with Gasteiger partial charge in [-0.25, -0.2) is 4.79 Å². The van der Waals surface area contributed by atoms with E-state index in [0.29, 0.717) is 0 Å². The van der Waals surface area contributed by atoms with Gasteiger partial charge in [-0.05, 0) is 33.6 Å². The smallest absolute Gasteiger partial charge is 0.335 e. The summed E-state index contributed by atoms with van der Waals surface area (Å²) < 4.78 is 19.5. The average Bonchev–Trinajstić information content (AvgIpc) is 1.99. The lowest BCUT2D eigenvalue weighted by Crippen LogP contribution is -2.31. The average molecular weight is 192 g/mol. The van der Waals surface area contributed by atoms with Crippen LogP contribution in [0.5, 0.6) is 0 Å². The van der Waals surface area contributed by atoms with Crippen LogP contribution < -0.4 is 0 Å². The second kappa shape index (κ2) is 5.19. The van der Waals surface area contributed by atoms with E-state index >= 15 is 0 Å². The van der Waals surface area contributed by atoms with Gasteiger partial charge >= 0.3 is 5.97 Å². The maximum Gasteiger partial charge on any atom is 0.335 e. The molecule has 0 amide bonds. The maximum absolute atomic E-state index is 11.3. The zero-order valence-electron chi connectivity index (χ0n) is 10.2. The quantitative estimate of drug-likeness (QED) is 0.635. The van der Waals surface area contributed by atoms with Crippen molar-refractivity contribution in [3.05, 3.63) is 0 Å². The summed E-state index contributed by atoms with van der Waals surface area (Å²) in [5, 5.41) is 17.9. The van der Waals surface area contributed by atoms with Crippen LogP contribution in [0.4, 0.5) is 0 Å². The molecule has 0 aliphatic carbocycles. The predicted octanol–water partition coefficient (Wildman–Crippen LogP) is 0.461. The van der Waals surface area contributed by atoms with E-state index in [2.05, 4.69) is 0 Å². The highest BCUT2D eigenvalue weighted by Gasteiger charge is 2.22. The molecule has 0 fully saturated rings. The van der Waals surface area contributed by atoms with Crippen LogP contribution in [0.25, 0.3) is 0 Å². The van der Waals surface area contributed by atoms with Crippen LogP contribution in [-0.2, 0) is 9.53 Å². The molecule has 0 aliphatic heterocycles. The van der Waals surface area contributed by atoms with Crippen LogP contribution >= 0.6 is 0 Å². The third kappa shape index (κ3) is 6.54. The van der Waals surface area contributed by atoms with Crippen LogP contribution in [0, 0.1) is 0 Å². The molecule has 0 aliphatic rings. The number of carbonyl (C=O) groups excluding carboxylic acids is 1. The molecule has 1 unspecified atom stereocenters. The first-order chi connectivity index (χ1) is 6.60. The minimum Gasteiger partial charge on any atom is -0.458 e.